The summed E-state index contributed by atoms with van der Waals surface area (Å²) in [5.41, 5.74) is 4.26. The van der Waals surface area contributed by atoms with Gasteiger partial charge in [0.2, 0.25) is 0 Å². The first-order chi connectivity index (χ1) is 20.4. The van der Waals surface area contributed by atoms with Crippen LogP contribution in [-0.2, 0) is 16.0 Å². The monoisotopic (exact) mass is 566 g/mol. The highest BCUT2D eigenvalue weighted by Gasteiger charge is 2.53. The summed E-state index contributed by atoms with van der Waals surface area (Å²) < 4.78 is 10.9. The van der Waals surface area contributed by atoms with E-state index < -0.39 is 18.1 Å². The second-order valence-electron chi connectivity index (χ2n) is 10.9. The van der Waals surface area contributed by atoms with Gasteiger partial charge in [-0.2, -0.15) is 0 Å². The van der Waals surface area contributed by atoms with Crippen molar-refractivity contribution in [2.45, 2.75) is 44.9 Å². The lowest BCUT2D eigenvalue weighted by Crippen LogP contribution is -2.44. The highest BCUT2D eigenvalue weighted by molar-refractivity contribution is 6.24. The van der Waals surface area contributed by atoms with Crippen molar-refractivity contribution in [2.75, 3.05) is 25.2 Å². The smallest absolute Gasteiger partial charge is 0.332 e. The fourth-order valence-corrected chi connectivity index (χ4v) is 5.98. The number of amides is 4. The number of hydrogen-bond donors (Lipinski definition) is 2. The quantitative estimate of drug-likeness (QED) is 0.214. The summed E-state index contributed by atoms with van der Waals surface area (Å²) in [6.45, 7) is 4.87. The zero-order chi connectivity index (χ0) is 29.4. The van der Waals surface area contributed by atoms with Crippen LogP contribution in [0.5, 0.6) is 5.75 Å². The van der Waals surface area contributed by atoms with Crippen molar-refractivity contribution in [3.05, 3.63) is 95.2 Å². The number of anilines is 1. The maximum absolute atomic E-state index is 14.3. The predicted octanol–water partition coefficient (Wildman–Crippen LogP) is 5.20. The first-order valence-electron chi connectivity index (χ1n) is 14.3. The van der Waals surface area contributed by atoms with Crippen LogP contribution in [0, 0.1) is 0 Å². The second-order valence-corrected chi connectivity index (χ2v) is 10.9. The molecular weight excluding hydrogens is 532 g/mol. The minimum absolute atomic E-state index is 0.119. The van der Waals surface area contributed by atoms with E-state index in [1.54, 1.807) is 36.3 Å². The lowest BCUT2D eigenvalue weighted by atomic mass is 9.89. The largest absolute Gasteiger partial charge is 0.497 e. The van der Waals surface area contributed by atoms with E-state index in [-0.39, 0.29) is 29.2 Å². The Bertz CT molecular complexity index is 1640. The first-order valence-corrected chi connectivity index (χ1v) is 14.3. The molecule has 42 heavy (non-hydrogen) atoms. The van der Waals surface area contributed by atoms with Gasteiger partial charge >= 0.3 is 6.03 Å². The molecule has 2 unspecified atom stereocenters. The number of nitrogens with zero attached hydrogens (tertiary/aromatic N) is 2. The third-order valence-corrected chi connectivity index (χ3v) is 7.93. The number of nitrogens with one attached hydrogen (secondary N) is 2. The molecule has 1 saturated heterocycles. The molecule has 9 nitrogen and oxygen atoms in total. The summed E-state index contributed by atoms with van der Waals surface area (Å²) in [7, 11) is 1.61. The Morgan fingerprint density at radius 2 is 1.76 bits per heavy atom. The number of H-pyrrole nitrogens is 1. The molecule has 4 aromatic rings. The summed E-state index contributed by atoms with van der Waals surface area (Å²) in [6, 6.07) is 20.6. The highest BCUT2D eigenvalue weighted by Crippen LogP contribution is 2.45. The van der Waals surface area contributed by atoms with Gasteiger partial charge in [0.15, 0.2) is 0 Å². The number of methoxy groups -OCH3 is 1. The van der Waals surface area contributed by atoms with Gasteiger partial charge in [0.1, 0.15) is 17.8 Å². The minimum atomic E-state index is -0.722. The van der Waals surface area contributed by atoms with Crippen LogP contribution in [0.3, 0.4) is 0 Å². The van der Waals surface area contributed by atoms with E-state index in [0.29, 0.717) is 31.7 Å². The normalized spacial score (nSPS) is 18.0. The Balaban J connectivity index is 1.36. The average Bonchev–Trinajstić information content (AvgIpc) is 3.49. The maximum atomic E-state index is 14.3. The van der Waals surface area contributed by atoms with Crippen molar-refractivity contribution in [3.63, 3.8) is 0 Å². The van der Waals surface area contributed by atoms with Gasteiger partial charge in [-0.3, -0.25) is 14.5 Å². The Labute approximate surface area is 244 Å². The summed E-state index contributed by atoms with van der Waals surface area (Å²) in [5.74, 6) is 0.00713. The molecule has 2 N–H and O–H groups in total. The standard InChI is InChI=1S/C33H34N4O5/c1-20(2)42-18-8-17-34-31(38)24-10-5-7-12-27(24)37-32(39)28-19-25-23-9-4-6-11-26(23)35-29(25)30(36(28)33(37)40)21-13-15-22(41-3)16-14-21/h4-7,9-16,20,28,30,35H,8,17-19H2,1-3H3,(H,34,38). The van der Waals surface area contributed by atoms with Gasteiger partial charge in [0.05, 0.1) is 24.5 Å². The number of rotatable bonds is 9. The molecule has 2 aliphatic heterocycles. The van der Waals surface area contributed by atoms with Crippen LogP contribution < -0.4 is 15.0 Å². The number of benzene rings is 3. The van der Waals surface area contributed by atoms with Crippen molar-refractivity contribution in [1.82, 2.24) is 15.2 Å². The van der Waals surface area contributed by atoms with Crippen molar-refractivity contribution < 1.29 is 23.9 Å². The number of carbonyl (C=O) groups is 3. The molecule has 0 aliphatic carbocycles. The number of aromatic amines is 1. The van der Waals surface area contributed by atoms with Gasteiger partial charge in [-0.1, -0.05) is 42.5 Å². The number of fused-ring (bicyclic) bond motifs is 4. The SMILES string of the molecule is COc1ccc(C2c3[nH]c4ccccc4c3CC3C(=O)N(c4ccccc4C(=O)NCCCOC(C)C)C(=O)N32)cc1. The van der Waals surface area contributed by atoms with Crippen LogP contribution in [0.1, 0.15) is 53.5 Å². The van der Waals surface area contributed by atoms with Crippen LogP contribution >= 0.6 is 0 Å². The molecule has 0 saturated carbocycles. The van der Waals surface area contributed by atoms with Crippen LogP contribution in [0.15, 0.2) is 72.8 Å². The molecule has 2 aliphatic rings. The summed E-state index contributed by atoms with van der Waals surface area (Å²) in [5, 5.41) is 3.94. The molecule has 3 heterocycles. The molecule has 6 rings (SSSR count). The average molecular weight is 567 g/mol. The number of imide groups is 1. The molecule has 1 aromatic heterocycles. The number of aromatic nitrogens is 1. The summed E-state index contributed by atoms with van der Waals surface area (Å²) >= 11 is 0. The van der Waals surface area contributed by atoms with Gasteiger partial charge in [-0.05, 0) is 61.7 Å². The van der Waals surface area contributed by atoms with Crippen molar-refractivity contribution in [3.8, 4) is 5.75 Å². The topological polar surface area (TPSA) is 104 Å². The zero-order valence-corrected chi connectivity index (χ0v) is 23.9. The van der Waals surface area contributed by atoms with Crippen LogP contribution in [0.2, 0.25) is 0 Å². The second kappa shape index (κ2) is 11.3. The van der Waals surface area contributed by atoms with Crippen LogP contribution in [0.25, 0.3) is 10.9 Å². The molecule has 3 aromatic carbocycles. The number of para-hydroxylation sites is 2. The number of ether oxygens (including phenoxy) is 2. The third kappa shape index (κ3) is 4.79. The van der Waals surface area contributed by atoms with Crippen LogP contribution in [0.4, 0.5) is 10.5 Å². The van der Waals surface area contributed by atoms with Crippen LogP contribution in [-0.4, -0.2) is 60.1 Å². The van der Waals surface area contributed by atoms with E-state index in [9.17, 15) is 14.4 Å². The molecule has 216 valence electrons. The Kier molecular flexibility index (Phi) is 7.43. The minimum Gasteiger partial charge on any atom is -0.497 e. The van der Waals surface area contributed by atoms with Gasteiger partial charge < -0.3 is 19.8 Å². The molecule has 2 atom stereocenters. The third-order valence-electron chi connectivity index (χ3n) is 7.93. The molecule has 0 radical (unpaired) electrons. The van der Waals surface area contributed by atoms with E-state index in [4.69, 9.17) is 9.47 Å². The maximum Gasteiger partial charge on any atom is 0.332 e. The van der Waals surface area contributed by atoms with E-state index in [1.807, 2.05) is 62.4 Å². The van der Waals surface area contributed by atoms with Crippen molar-refractivity contribution in [2.24, 2.45) is 0 Å². The van der Waals surface area contributed by atoms with Gasteiger partial charge in [0, 0.05) is 36.2 Å². The van der Waals surface area contributed by atoms with Crippen molar-refractivity contribution >= 4 is 34.4 Å². The lowest BCUT2D eigenvalue weighted by molar-refractivity contribution is -0.120. The molecule has 1 fully saturated rings. The molecule has 0 bridgehead atoms. The fraction of sp³-hybridized carbons (Fsp3) is 0.303. The van der Waals surface area contributed by atoms with E-state index in [1.165, 1.54) is 4.90 Å². The zero-order valence-electron chi connectivity index (χ0n) is 23.9. The number of hydrogen-bond acceptors (Lipinski definition) is 5. The lowest BCUT2D eigenvalue weighted by Gasteiger charge is -2.36. The Hall–Kier alpha value is -4.63. The van der Waals surface area contributed by atoms with E-state index >= 15 is 0 Å². The number of carbonyl (C=O) groups excluding carboxylic acids is 3. The molecular formula is C33H34N4O5. The van der Waals surface area contributed by atoms with Crippen molar-refractivity contribution in [1.29, 1.82) is 0 Å². The molecule has 0 spiro atoms. The van der Waals surface area contributed by atoms with Gasteiger partial charge in [-0.25, -0.2) is 9.69 Å². The summed E-state index contributed by atoms with van der Waals surface area (Å²) in [4.78, 5) is 48.0. The number of urea groups is 1. The van der Waals surface area contributed by atoms with Gasteiger partial charge in [-0.15, -0.1) is 0 Å². The van der Waals surface area contributed by atoms with E-state index in [2.05, 4.69) is 10.3 Å². The Morgan fingerprint density at radius 1 is 1.02 bits per heavy atom. The molecule has 9 heteroatoms. The predicted molar refractivity (Wildman–Crippen MR) is 160 cm³/mol. The van der Waals surface area contributed by atoms with E-state index in [0.717, 1.165) is 27.7 Å². The van der Waals surface area contributed by atoms with Gasteiger partial charge in [0.25, 0.3) is 11.8 Å². The fourth-order valence-electron chi connectivity index (χ4n) is 5.98. The Morgan fingerprint density at radius 3 is 2.52 bits per heavy atom. The first kappa shape index (κ1) is 27.5. The molecule has 4 amide bonds. The summed E-state index contributed by atoms with van der Waals surface area (Å²) in [6.07, 6.45) is 1.14. The highest BCUT2D eigenvalue weighted by atomic mass is 16.5.